The van der Waals surface area contributed by atoms with Gasteiger partial charge in [-0.1, -0.05) is 12.1 Å². The fourth-order valence-corrected chi connectivity index (χ4v) is 3.74. The number of ether oxygens (including phenoxy) is 1. The van der Waals surface area contributed by atoms with Crippen LogP contribution in [0.1, 0.15) is 31.9 Å². The van der Waals surface area contributed by atoms with Crippen molar-refractivity contribution in [1.82, 2.24) is 5.32 Å². The lowest BCUT2D eigenvalue weighted by atomic mass is 9.98. The SMILES string of the molecule is CN(C=O)c1ccccc1N(C)CCC(C)(C)NCC(O)c1cc(O)cc2c1OCC(=O)N2. The Morgan fingerprint density at radius 1 is 1.24 bits per heavy atom. The first-order chi connectivity index (χ1) is 15.6. The highest BCUT2D eigenvalue weighted by Gasteiger charge is 2.26. The molecule has 0 saturated carbocycles. The van der Waals surface area contributed by atoms with E-state index in [1.165, 1.54) is 12.1 Å². The molecule has 0 bridgehead atoms. The number of fused-ring (bicyclic) bond motifs is 1. The molecule has 9 heteroatoms. The fraction of sp³-hybridized carbons (Fsp3) is 0.417. The number of para-hydroxylation sites is 2. The van der Waals surface area contributed by atoms with Crippen LogP contribution in [0, 0.1) is 0 Å². The molecule has 0 aliphatic carbocycles. The summed E-state index contributed by atoms with van der Waals surface area (Å²) in [4.78, 5) is 26.4. The van der Waals surface area contributed by atoms with Gasteiger partial charge in [-0.3, -0.25) is 9.59 Å². The Kier molecular flexibility index (Phi) is 7.45. The molecule has 9 nitrogen and oxygen atoms in total. The van der Waals surface area contributed by atoms with E-state index in [1.807, 2.05) is 45.2 Å². The zero-order chi connectivity index (χ0) is 24.2. The number of nitrogens with one attached hydrogen (secondary N) is 2. The Labute approximate surface area is 194 Å². The summed E-state index contributed by atoms with van der Waals surface area (Å²) in [6.07, 6.45) is 0.606. The Balaban J connectivity index is 1.62. The average molecular weight is 457 g/mol. The number of phenols is 1. The van der Waals surface area contributed by atoms with Crippen molar-refractivity contribution >= 4 is 29.4 Å². The van der Waals surface area contributed by atoms with Crippen molar-refractivity contribution in [3.8, 4) is 11.5 Å². The quantitative estimate of drug-likeness (QED) is 0.406. The summed E-state index contributed by atoms with van der Waals surface area (Å²) in [5.41, 5.74) is 2.23. The van der Waals surface area contributed by atoms with Gasteiger partial charge in [0.2, 0.25) is 6.41 Å². The van der Waals surface area contributed by atoms with Gasteiger partial charge in [0.15, 0.2) is 6.61 Å². The van der Waals surface area contributed by atoms with Crippen LogP contribution in [0.4, 0.5) is 17.1 Å². The van der Waals surface area contributed by atoms with Crippen molar-refractivity contribution in [1.29, 1.82) is 0 Å². The lowest BCUT2D eigenvalue weighted by molar-refractivity contribution is -0.118. The number of anilines is 3. The van der Waals surface area contributed by atoms with E-state index in [-0.39, 0.29) is 30.3 Å². The first-order valence-corrected chi connectivity index (χ1v) is 10.8. The van der Waals surface area contributed by atoms with Gasteiger partial charge < -0.3 is 35.4 Å². The minimum Gasteiger partial charge on any atom is -0.508 e. The molecular weight excluding hydrogens is 424 g/mol. The molecule has 1 atom stereocenters. The Hall–Kier alpha value is -3.30. The number of carbonyl (C=O) groups is 2. The highest BCUT2D eigenvalue weighted by molar-refractivity contribution is 5.96. The molecule has 178 valence electrons. The zero-order valence-electron chi connectivity index (χ0n) is 19.5. The van der Waals surface area contributed by atoms with Crippen LogP contribution >= 0.6 is 0 Å². The number of aliphatic hydroxyl groups excluding tert-OH is 1. The molecule has 2 aromatic rings. The van der Waals surface area contributed by atoms with Crippen LogP contribution in [0.15, 0.2) is 36.4 Å². The first-order valence-electron chi connectivity index (χ1n) is 10.8. The highest BCUT2D eigenvalue weighted by atomic mass is 16.5. The second-order valence-electron chi connectivity index (χ2n) is 8.91. The predicted octanol–water partition coefficient (Wildman–Crippen LogP) is 2.24. The van der Waals surface area contributed by atoms with Gasteiger partial charge >= 0.3 is 0 Å². The molecule has 2 amide bonds. The average Bonchev–Trinajstić information content (AvgIpc) is 2.79. The largest absolute Gasteiger partial charge is 0.508 e. The molecule has 4 N–H and O–H groups in total. The summed E-state index contributed by atoms with van der Waals surface area (Å²) in [6, 6.07) is 10.6. The van der Waals surface area contributed by atoms with E-state index in [9.17, 15) is 19.8 Å². The Bertz CT molecular complexity index is 1010. The maximum atomic E-state index is 11.6. The highest BCUT2D eigenvalue weighted by Crippen LogP contribution is 2.38. The van der Waals surface area contributed by atoms with Gasteiger partial charge in [0.1, 0.15) is 11.5 Å². The number of benzene rings is 2. The molecule has 3 rings (SSSR count). The third kappa shape index (κ3) is 5.94. The van der Waals surface area contributed by atoms with Crippen LogP contribution in [0.25, 0.3) is 0 Å². The van der Waals surface area contributed by atoms with Gasteiger partial charge in [-0.25, -0.2) is 0 Å². The maximum Gasteiger partial charge on any atom is 0.262 e. The van der Waals surface area contributed by atoms with Crippen LogP contribution < -0.4 is 25.2 Å². The molecule has 0 aromatic heterocycles. The number of phenolic OH excluding ortho intramolecular Hbond substituents is 1. The Morgan fingerprint density at radius 3 is 2.64 bits per heavy atom. The molecule has 1 unspecified atom stereocenters. The summed E-state index contributed by atoms with van der Waals surface area (Å²) in [5.74, 6) is 0.00131. The van der Waals surface area contributed by atoms with Crippen molar-refractivity contribution in [2.24, 2.45) is 0 Å². The van der Waals surface area contributed by atoms with Crippen LogP contribution in [0.5, 0.6) is 11.5 Å². The van der Waals surface area contributed by atoms with Crippen molar-refractivity contribution < 1.29 is 24.5 Å². The number of aromatic hydroxyl groups is 1. The first kappa shape index (κ1) is 24.3. The molecule has 33 heavy (non-hydrogen) atoms. The molecule has 1 aliphatic rings. The molecule has 1 heterocycles. The number of nitrogens with zero attached hydrogens (tertiary/aromatic N) is 2. The third-order valence-electron chi connectivity index (χ3n) is 5.76. The molecule has 0 spiro atoms. The summed E-state index contributed by atoms with van der Waals surface area (Å²) in [5, 5.41) is 26.8. The van der Waals surface area contributed by atoms with E-state index in [2.05, 4.69) is 15.5 Å². The van der Waals surface area contributed by atoms with Crippen LogP contribution in [0.3, 0.4) is 0 Å². The standard InChI is InChI=1S/C24H32N4O5/c1-24(2,9-10-27(3)19-7-5-6-8-20(19)28(4)15-29)25-13-21(31)17-11-16(30)12-18-23(17)33-14-22(32)26-18/h5-8,11-12,15,21,25,30-31H,9-10,13-14H2,1-4H3,(H,26,32). The van der Waals surface area contributed by atoms with Gasteiger partial charge in [0, 0.05) is 44.4 Å². The van der Waals surface area contributed by atoms with Crippen molar-refractivity contribution in [2.45, 2.75) is 31.9 Å². The molecule has 0 radical (unpaired) electrons. The van der Waals surface area contributed by atoms with Crippen molar-refractivity contribution in [3.63, 3.8) is 0 Å². The molecule has 0 saturated heterocycles. The second kappa shape index (κ2) is 10.1. The Morgan fingerprint density at radius 2 is 1.94 bits per heavy atom. The molecule has 2 aromatic carbocycles. The number of rotatable bonds is 10. The minimum atomic E-state index is -0.945. The van der Waals surface area contributed by atoms with E-state index in [0.29, 0.717) is 17.0 Å². The predicted molar refractivity (Wildman–Crippen MR) is 128 cm³/mol. The topological polar surface area (TPSA) is 114 Å². The second-order valence-corrected chi connectivity index (χ2v) is 8.91. The van der Waals surface area contributed by atoms with Gasteiger partial charge in [0.25, 0.3) is 5.91 Å². The lowest BCUT2D eigenvalue weighted by Crippen LogP contribution is -2.44. The van der Waals surface area contributed by atoms with E-state index in [0.717, 1.165) is 30.8 Å². The van der Waals surface area contributed by atoms with E-state index >= 15 is 0 Å². The normalized spacial score (nSPS) is 14.0. The number of hydrogen-bond donors (Lipinski definition) is 4. The van der Waals surface area contributed by atoms with Crippen molar-refractivity contribution in [3.05, 3.63) is 42.0 Å². The summed E-state index contributed by atoms with van der Waals surface area (Å²) < 4.78 is 5.50. The summed E-state index contributed by atoms with van der Waals surface area (Å²) in [7, 11) is 3.70. The number of aliphatic hydroxyl groups is 1. The number of hydrogen-bond acceptors (Lipinski definition) is 7. The van der Waals surface area contributed by atoms with Gasteiger partial charge in [-0.15, -0.1) is 0 Å². The third-order valence-corrected chi connectivity index (χ3v) is 5.76. The monoisotopic (exact) mass is 456 g/mol. The van der Waals surface area contributed by atoms with Crippen LogP contribution in [-0.2, 0) is 9.59 Å². The van der Waals surface area contributed by atoms with E-state index in [1.54, 1.807) is 11.9 Å². The molecule has 0 fully saturated rings. The molecule has 1 aliphatic heterocycles. The van der Waals surface area contributed by atoms with Gasteiger partial charge in [-0.2, -0.15) is 0 Å². The minimum absolute atomic E-state index is 0.0616. The maximum absolute atomic E-state index is 11.6. The number of β-amino-alcohol motifs (C(OH)–C–C–N with tert-alkyl or cyclic N) is 1. The number of amides is 2. The van der Waals surface area contributed by atoms with Crippen LogP contribution in [0.2, 0.25) is 0 Å². The van der Waals surface area contributed by atoms with Gasteiger partial charge in [0.05, 0.1) is 23.2 Å². The smallest absolute Gasteiger partial charge is 0.262 e. The van der Waals surface area contributed by atoms with E-state index < -0.39 is 6.10 Å². The lowest BCUT2D eigenvalue weighted by Gasteiger charge is -2.32. The van der Waals surface area contributed by atoms with E-state index in [4.69, 9.17) is 4.74 Å². The summed E-state index contributed by atoms with van der Waals surface area (Å²) in [6.45, 7) is 4.91. The van der Waals surface area contributed by atoms with Crippen LogP contribution in [-0.4, -0.2) is 61.9 Å². The zero-order valence-corrected chi connectivity index (χ0v) is 19.5. The van der Waals surface area contributed by atoms with Gasteiger partial charge in [-0.05, 0) is 38.5 Å². The number of carbonyl (C=O) groups excluding carboxylic acids is 2. The van der Waals surface area contributed by atoms with Crippen molar-refractivity contribution in [2.75, 3.05) is 48.9 Å². The molecular formula is C24H32N4O5. The fourth-order valence-electron chi connectivity index (χ4n) is 3.74. The summed E-state index contributed by atoms with van der Waals surface area (Å²) >= 11 is 0.